The Balaban J connectivity index is 2.16. The van der Waals surface area contributed by atoms with Crippen molar-refractivity contribution in [1.29, 1.82) is 5.26 Å². The Morgan fingerprint density at radius 2 is 1.89 bits per heavy atom. The van der Waals surface area contributed by atoms with E-state index in [1.165, 1.54) is 32.1 Å². The van der Waals surface area contributed by atoms with Crippen molar-refractivity contribution >= 4 is 0 Å². The maximum Gasteiger partial charge on any atom is 0.138 e. The highest BCUT2D eigenvalue weighted by atomic mass is 15.3. The van der Waals surface area contributed by atoms with Gasteiger partial charge in [0.1, 0.15) is 12.2 Å². The molecule has 1 heterocycles. The van der Waals surface area contributed by atoms with Crippen LogP contribution < -0.4 is 0 Å². The topological polar surface area (TPSA) is 54.5 Å². The average Bonchev–Trinajstić information content (AvgIpc) is 2.81. The molecule has 0 N–H and O–H groups in total. The van der Waals surface area contributed by atoms with Gasteiger partial charge in [-0.1, -0.05) is 32.1 Å². The SMILES string of the molecule is CC(C)n1ncnc1CC1(C#N)CCCCCCC1. The maximum atomic E-state index is 9.68. The number of aromatic nitrogens is 3. The lowest BCUT2D eigenvalue weighted by Crippen LogP contribution is -2.25. The number of hydrogen-bond acceptors (Lipinski definition) is 3. The zero-order chi connectivity index (χ0) is 13.7. The first-order valence-electron chi connectivity index (χ1n) is 7.46. The molecule has 1 saturated carbocycles. The minimum absolute atomic E-state index is 0.222. The van der Waals surface area contributed by atoms with E-state index in [0.29, 0.717) is 6.04 Å². The van der Waals surface area contributed by atoms with Gasteiger partial charge in [0.2, 0.25) is 0 Å². The molecule has 2 rings (SSSR count). The predicted octanol–water partition coefficient (Wildman–Crippen LogP) is 3.66. The monoisotopic (exact) mass is 260 g/mol. The largest absolute Gasteiger partial charge is 0.248 e. The van der Waals surface area contributed by atoms with E-state index < -0.39 is 0 Å². The molecule has 0 saturated heterocycles. The molecule has 1 aromatic rings. The maximum absolute atomic E-state index is 9.68. The van der Waals surface area contributed by atoms with Gasteiger partial charge in [0.05, 0.1) is 11.5 Å². The summed E-state index contributed by atoms with van der Waals surface area (Å²) in [5, 5.41) is 14.0. The summed E-state index contributed by atoms with van der Waals surface area (Å²) in [6, 6.07) is 2.92. The second-order valence-corrected chi connectivity index (χ2v) is 6.05. The molecule has 4 heteroatoms. The third-order valence-electron chi connectivity index (χ3n) is 4.18. The van der Waals surface area contributed by atoms with E-state index in [-0.39, 0.29) is 5.41 Å². The number of rotatable bonds is 3. The first-order valence-corrected chi connectivity index (χ1v) is 7.46. The molecule has 0 bridgehead atoms. The normalized spacial score (nSPS) is 19.7. The molecule has 0 aromatic carbocycles. The number of nitriles is 1. The summed E-state index contributed by atoms with van der Waals surface area (Å²) in [5.41, 5.74) is -0.222. The fraction of sp³-hybridized carbons (Fsp3) is 0.800. The van der Waals surface area contributed by atoms with Crippen LogP contribution in [0.5, 0.6) is 0 Å². The second-order valence-electron chi connectivity index (χ2n) is 6.05. The van der Waals surface area contributed by atoms with E-state index in [4.69, 9.17) is 0 Å². The molecule has 0 spiro atoms. The van der Waals surface area contributed by atoms with Crippen molar-refractivity contribution in [2.45, 2.75) is 71.3 Å². The predicted molar refractivity (Wildman–Crippen MR) is 74.5 cm³/mol. The van der Waals surface area contributed by atoms with Crippen LogP contribution in [-0.4, -0.2) is 14.8 Å². The highest BCUT2D eigenvalue weighted by Crippen LogP contribution is 2.36. The van der Waals surface area contributed by atoms with E-state index in [1.54, 1.807) is 6.33 Å². The molecule has 104 valence electrons. The van der Waals surface area contributed by atoms with Gasteiger partial charge in [-0.15, -0.1) is 0 Å². The highest BCUT2D eigenvalue weighted by molar-refractivity contribution is 5.06. The van der Waals surface area contributed by atoms with E-state index >= 15 is 0 Å². The fourth-order valence-corrected chi connectivity index (χ4v) is 3.04. The highest BCUT2D eigenvalue weighted by Gasteiger charge is 2.32. The lowest BCUT2D eigenvalue weighted by atomic mass is 9.75. The van der Waals surface area contributed by atoms with Gasteiger partial charge >= 0.3 is 0 Å². The van der Waals surface area contributed by atoms with E-state index in [2.05, 4.69) is 30.0 Å². The summed E-state index contributed by atoms with van der Waals surface area (Å²) in [6.45, 7) is 4.21. The summed E-state index contributed by atoms with van der Waals surface area (Å²) in [7, 11) is 0. The molecule has 1 fully saturated rings. The Labute approximate surface area is 115 Å². The Morgan fingerprint density at radius 1 is 1.26 bits per heavy atom. The van der Waals surface area contributed by atoms with Gasteiger partial charge in [-0.3, -0.25) is 0 Å². The van der Waals surface area contributed by atoms with Gasteiger partial charge in [-0.25, -0.2) is 9.67 Å². The van der Waals surface area contributed by atoms with Crippen LogP contribution in [0.3, 0.4) is 0 Å². The van der Waals surface area contributed by atoms with Gasteiger partial charge in [0.15, 0.2) is 0 Å². The van der Waals surface area contributed by atoms with Crippen LogP contribution in [0.25, 0.3) is 0 Å². The van der Waals surface area contributed by atoms with E-state index in [1.807, 2.05) is 4.68 Å². The molecule has 0 amide bonds. The van der Waals surface area contributed by atoms with Gasteiger partial charge in [-0.05, 0) is 26.7 Å². The molecular weight excluding hydrogens is 236 g/mol. The van der Waals surface area contributed by atoms with Crippen LogP contribution in [0.1, 0.15) is 70.7 Å². The molecule has 1 aromatic heterocycles. The zero-order valence-electron chi connectivity index (χ0n) is 12.1. The number of nitrogens with zero attached hydrogens (tertiary/aromatic N) is 4. The number of hydrogen-bond donors (Lipinski definition) is 0. The van der Waals surface area contributed by atoms with Gasteiger partial charge in [-0.2, -0.15) is 10.4 Å². The third kappa shape index (κ3) is 3.34. The van der Waals surface area contributed by atoms with Gasteiger partial charge < -0.3 is 0 Å². The van der Waals surface area contributed by atoms with Crippen molar-refractivity contribution < 1.29 is 0 Å². The van der Waals surface area contributed by atoms with Crippen molar-refractivity contribution in [2.24, 2.45) is 5.41 Å². The summed E-state index contributed by atoms with van der Waals surface area (Å²) >= 11 is 0. The fourth-order valence-electron chi connectivity index (χ4n) is 3.04. The summed E-state index contributed by atoms with van der Waals surface area (Å²) in [6.07, 6.45) is 10.6. The average molecular weight is 260 g/mol. The Kier molecular flexibility index (Phi) is 4.57. The molecule has 0 unspecified atom stereocenters. The molecule has 1 aliphatic carbocycles. The molecule has 1 aliphatic rings. The van der Waals surface area contributed by atoms with Crippen LogP contribution in [0, 0.1) is 16.7 Å². The summed E-state index contributed by atoms with van der Waals surface area (Å²) < 4.78 is 1.96. The first-order chi connectivity index (χ1) is 9.17. The summed E-state index contributed by atoms with van der Waals surface area (Å²) in [4.78, 5) is 4.38. The van der Waals surface area contributed by atoms with E-state index in [0.717, 1.165) is 25.1 Å². The standard InChI is InChI=1S/C15H24N4/c1-13(2)19-14(17-12-18-19)10-15(11-16)8-6-4-3-5-7-9-15/h12-13H,3-10H2,1-2H3. The van der Waals surface area contributed by atoms with Crippen molar-refractivity contribution in [1.82, 2.24) is 14.8 Å². The lowest BCUT2D eigenvalue weighted by molar-refractivity contribution is 0.276. The quantitative estimate of drug-likeness (QED) is 0.833. The molecular formula is C15H24N4. The Hall–Kier alpha value is -1.37. The van der Waals surface area contributed by atoms with Crippen molar-refractivity contribution in [3.8, 4) is 6.07 Å². The smallest absolute Gasteiger partial charge is 0.138 e. The summed E-state index contributed by atoms with van der Waals surface area (Å²) in [5.74, 6) is 0.970. The van der Waals surface area contributed by atoms with Gasteiger partial charge in [0.25, 0.3) is 0 Å². The molecule has 0 aliphatic heterocycles. The van der Waals surface area contributed by atoms with Crippen LogP contribution in [0.2, 0.25) is 0 Å². The molecule has 0 atom stereocenters. The minimum Gasteiger partial charge on any atom is -0.248 e. The van der Waals surface area contributed by atoms with Crippen LogP contribution in [0.4, 0.5) is 0 Å². The van der Waals surface area contributed by atoms with Crippen molar-refractivity contribution in [3.05, 3.63) is 12.2 Å². The minimum atomic E-state index is -0.222. The molecule has 0 radical (unpaired) electrons. The van der Waals surface area contributed by atoms with Crippen LogP contribution in [-0.2, 0) is 6.42 Å². The Morgan fingerprint density at radius 3 is 2.47 bits per heavy atom. The van der Waals surface area contributed by atoms with Gasteiger partial charge in [0, 0.05) is 12.5 Å². The second kappa shape index (κ2) is 6.18. The van der Waals surface area contributed by atoms with Crippen LogP contribution >= 0.6 is 0 Å². The van der Waals surface area contributed by atoms with Crippen molar-refractivity contribution in [3.63, 3.8) is 0 Å². The third-order valence-corrected chi connectivity index (χ3v) is 4.18. The molecule has 19 heavy (non-hydrogen) atoms. The Bertz CT molecular complexity index is 433. The molecule has 4 nitrogen and oxygen atoms in total. The van der Waals surface area contributed by atoms with E-state index in [9.17, 15) is 5.26 Å². The van der Waals surface area contributed by atoms with Crippen LogP contribution in [0.15, 0.2) is 6.33 Å². The zero-order valence-corrected chi connectivity index (χ0v) is 12.1. The first kappa shape index (κ1) is 14.0. The lowest BCUT2D eigenvalue weighted by Gasteiger charge is -2.28. The van der Waals surface area contributed by atoms with Crippen molar-refractivity contribution in [2.75, 3.05) is 0 Å².